The summed E-state index contributed by atoms with van der Waals surface area (Å²) in [5.74, 6) is -0.849. The van der Waals surface area contributed by atoms with E-state index in [1.165, 1.54) is 0 Å². The highest BCUT2D eigenvalue weighted by atomic mass is 16.5. The number of rotatable bonds is 3. The Morgan fingerprint density at radius 1 is 1.78 bits per heavy atom. The first-order valence-corrected chi connectivity index (χ1v) is 2.43. The molecule has 3 nitrogen and oxygen atoms in total. The third kappa shape index (κ3) is 4.74. The summed E-state index contributed by atoms with van der Waals surface area (Å²) in [7, 11) is 0. The highest BCUT2D eigenvalue weighted by Gasteiger charge is 1.96. The Balaban J connectivity index is 3.39. The summed E-state index contributed by atoms with van der Waals surface area (Å²) >= 11 is 0. The van der Waals surface area contributed by atoms with E-state index < -0.39 is 5.97 Å². The molecule has 0 saturated heterocycles. The van der Waals surface area contributed by atoms with Gasteiger partial charge in [0.1, 0.15) is 6.61 Å². The van der Waals surface area contributed by atoms with E-state index in [9.17, 15) is 9.59 Å². The van der Waals surface area contributed by atoms with E-state index in [1.807, 2.05) is 0 Å². The van der Waals surface area contributed by atoms with Gasteiger partial charge in [0, 0.05) is 0 Å². The molecule has 0 aromatic rings. The number of esters is 1. The second-order valence-electron chi connectivity index (χ2n) is 1.68. The summed E-state index contributed by atoms with van der Waals surface area (Å²) < 4.78 is 4.35. The summed E-state index contributed by atoms with van der Waals surface area (Å²) in [6, 6.07) is 0. The Morgan fingerprint density at radius 3 is 2.67 bits per heavy atom. The van der Waals surface area contributed by atoms with E-state index in [0.29, 0.717) is 5.57 Å². The largest absolute Gasteiger partial charge is 0.456 e. The minimum atomic E-state index is -0.849. The lowest BCUT2D eigenvalue weighted by Gasteiger charge is -1.96. The summed E-state index contributed by atoms with van der Waals surface area (Å²) in [6.07, 6.45) is 0.128. The van der Waals surface area contributed by atoms with E-state index in [1.54, 1.807) is 6.92 Å². The molecule has 0 aliphatic heterocycles. The molecular weight excluding hydrogens is 120 g/mol. The van der Waals surface area contributed by atoms with Crippen molar-refractivity contribution in [3.05, 3.63) is 12.2 Å². The summed E-state index contributed by atoms with van der Waals surface area (Å²) in [4.78, 5) is 19.7. The molecule has 0 aliphatic carbocycles. The van der Waals surface area contributed by atoms with Gasteiger partial charge < -0.3 is 4.74 Å². The zero-order valence-electron chi connectivity index (χ0n) is 5.22. The Bertz CT molecular complexity index is 137. The Labute approximate surface area is 53.3 Å². The van der Waals surface area contributed by atoms with Gasteiger partial charge in [-0.05, 0) is 12.5 Å². The topological polar surface area (TPSA) is 43.4 Å². The van der Waals surface area contributed by atoms with Crippen LogP contribution in [0.3, 0.4) is 0 Å². The van der Waals surface area contributed by atoms with Crippen LogP contribution in [0.1, 0.15) is 6.92 Å². The van der Waals surface area contributed by atoms with Crippen molar-refractivity contribution in [2.24, 2.45) is 0 Å². The first-order chi connectivity index (χ1) is 4.16. The van der Waals surface area contributed by atoms with Crippen molar-refractivity contribution in [1.82, 2.24) is 0 Å². The van der Waals surface area contributed by atoms with Crippen molar-refractivity contribution in [1.29, 1.82) is 0 Å². The van der Waals surface area contributed by atoms with E-state index >= 15 is 0 Å². The first-order valence-electron chi connectivity index (χ1n) is 2.43. The lowest BCUT2D eigenvalue weighted by atomic mass is 10.4. The third-order valence-corrected chi connectivity index (χ3v) is 0.557. The molecule has 0 spiro atoms. The van der Waals surface area contributed by atoms with Crippen molar-refractivity contribution < 1.29 is 14.3 Å². The number of carbonyl (C=O) groups excluding carboxylic acids is 2. The average molecular weight is 128 g/mol. The van der Waals surface area contributed by atoms with Gasteiger partial charge >= 0.3 is 5.97 Å². The minimum absolute atomic E-state index is 0.123. The summed E-state index contributed by atoms with van der Waals surface area (Å²) in [5, 5.41) is 0. The van der Waals surface area contributed by atoms with Crippen LogP contribution in [-0.2, 0) is 14.3 Å². The molecule has 0 unspecified atom stereocenters. The summed E-state index contributed by atoms with van der Waals surface area (Å²) in [5.41, 5.74) is 0.713. The van der Waals surface area contributed by atoms with Crippen LogP contribution >= 0.6 is 0 Å². The van der Waals surface area contributed by atoms with E-state index in [2.05, 4.69) is 11.3 Å². The Kier molecular flexibility index (Phi) is 3.35. The first kappa shape index (κ1) is 7.88. The van der Waals surface area contributed by atoms with Crippen molar-refractivity contribution in [3.8, 4) is 0 Å². The molecule has 0 fully saturated rings. The van der Waals surface area contributed by atoms with Crippen LogP contribution in [0.4, 0.5) is 0 Å². The zero-order chi connectivity index (χ0) is 7.28. The number of ether oxygens (including phenoxy) is 1. The molecule has 9 heavy (non-hydrogen) atoms. The monoisotopic (exact) mass is 128 g/mol. The van der Waals surface area contributed by atoms with Crippen LogP contribution in [0.2, 0.25) is 0 Å². The molecule has 0 aromatic carbocycles. The maximum atomic E-state index is 10.1. The van der Waals surface area contributed by atoms with Crippen LogP contribution in [0, 0.1) is 0 Å². The SMILES string of the molecule is C=C(C)COC(=O)C=O. The molecule has 0 rings (SSSR count). The molecule has 0 aromatic heterocycles. The van der Waals surface area contributed by atoms with E-state index in [4.69, 9.17) is 0 Å². The van der Waals surface area contributed by atoms with E-state index in [0.717, 1.165) is 0 Å². The predicted molar refractivity (Wildman–Crippen MR) is 31.8 cm³/mol. The van der Waals surface area contributed by atoms with Gasteiger partial charge in [0.15, 0.2) is 0 Å². The maximum Gasteiger partial charge on any atom is 0.371 e. The lowest BCUT2D eigenvalue weighted by molar-refractivity contribution is -0.147. The highest BCUT2D eigenvalue weighted by Crippen LogP contribution is 1.86. The lowest BCUT2D eigenvalue weighted by Crippen LogP contribution is -2.06. The predicted octanol–water partition coefficient (Wildman–Crippen LogP) is 0.305. The molecule has 0 atom stereocenters. The molecule has 0 aliphatic rings. The molecular formula is C6H8O3. The van der Waals surface area contributed by atoms with Crippen molar-refractivity contribution in [2.75, 3.05) is 6.61 Å². The summed E-state index contributed by atoms with van der Waals surface area (Å²) in [6.45, 7) is 5.30. The van der Waals surface area contributed by atoms with Crippen LogP contribution in [0.5, 0.6) is 0 Å². The molecule has 0 heterocycles. The van der Waals surface area contributed by atoms with Gasteiger partial charge in [-0.15, -0.1) is 0 Å². The fraction of sp³-hybridized carbons (Fsp3) is 0.333. The van der Waals surface area contributed by atoms with Crippen LogP contribution in [0.25, 0.3) is 0 Å². The Hall–Kier alpha value is -1.12. The molecule has 0 N–H and O–H groups in total. The molecule has 0 bridgehead atoms. The van der Waals surface area contributed by atoms with Gasteiger partial charge in [-0.3, -0.25) is 4.79 Å². The van der Waals surface area contributed by atoms with Gasteiger partial charge in [0.2, 0.25) is 6.29 Å². The van der Waals surface area contributed by atoms with Crippen molar-refractivity contribution in [2.45, 2.75) is 6.92 Å². The van der Waals surface area contributed by atoms with Gasteiger partial charge in [-0.1, -0.05) is 6.58 Å². The highest BCUT2D eigenvalue weighted by molar-refractivity contribution is 6.20. The quantitative estimate of drug-likeness (QED) is 0.238. The number of carbonyl (C=O) groups is 2. The molecule has 50 valence electrons. The molecule has 0 radical (unpaired) electrons. The van der Waals surface area contributed by atoms with Gasteiger partial charge in [0.25, 0.3) is 0 Å². The van der Waals surface area contributed by atoms with Crippen LogP contribution in [0.15, 0.2) is 12.2 Å². The van der Waals surface area contributed by atoms with Crippen LogP contribution < -0.4 is 0 Å². The smallest absolute Gasteiger partial charge is 0.371 e. The van der Waals surface area contributed by atoms with Crippen LogP contribution in [-0.4, -0.2) is 18.9 Å². The minimum Gasteiger partial charge on any atom is -0.456 e. The maximum absolute atomic E-state index is 10.1. The third-order valence-electron chi connectivity index (χ3n) is 0.557. The Morgan fingerprint density at radius 2 is 2.33 bits per heavy atom. The van der Waals surface area contributed by atoms with Crippen molar-refractivity contribution in [3.63, 3.8) is 0 Å². The number of hydrogen-bond acceptors (Lipinski definition) is 3. The average Bonchev–Trinajstić information content (AvgIpc) is 1.83. The molecule has 0 amide bonds. The number of aldehydes is 1. The zero-order valence-corrected chi connectivity index (χ0v) is 5.22. The fourth-order valence-corrected chi connectivity index (χ4v) is 0.228. The second kappa shape index (κ2) is 3.83. The standard InChI is InChI=1S/C6H8O3/c1-5(2)4-9-6(8)3-7/h3H,1,4H2,2H3. The van der Waals surface area contributed by atoms with Crippen molar-refractivity contribution >= 4 is 12.3 Å². The normalized spacial score (nSPS) is 8.11. The number of hydrogen-bond donors (Lipinski definition) is 0. The molecule has 3 heteroatoms. The fourth-order valence-electron chi connectivity index (χ4n) is 0.228. The van der Waals surface area contributed by atoms with E-state index in [-0.39, 0.29) is 12.9 Å². The molecule has 0 saturated carbocycles. The van der Waals surface area contributed by atoms with Gasteiger partial charge in [-0.25, -0.2) is 4.79 Å². The van der Waals surface area contributed by atoms with Gasteiger partial charge in [0.05, 0.1) is 0 Å². The second-order valence-corrected chi connectivity index (χ2v) is 1.68. The van der Waals surface area contributed by atoms with Gasteiger partial charge in [-0.2, -0.15) is 0 Å².